The number of aromatic amines is 1. The Bertz CT molecular complexity index is 2760. The average molecular weight is 943 g/mol. The van der Waals surface area contributed by atoms with Crippen LogP contribution in [0.4, 0.5) is 21.5 Å². The molecule has 1 spiro atoms. The number of aliphatic hydroxyl groups is 1. The predicted molar refractivity (Wildman–Crippen MR) is 253 cm³/mol. The van der Waals surface area contributed by atoms with E-state index in [0.717, 1.165) is 69.8 Å². The van der Waals surface area contributed by atoms with Crippen molar-refractivity contribution < 1.29 is 32.4 Å². The van der Waals surface area contributed by atoms with Gasteiger partial charge in [-0.25, -0.2) is 22.5 Å². The quantitative estimate of drug-likeness (QED) is 0.0501. The molecule has 4 N–H and O–H groups in total. The Kier molecular flexibility index (Phi) is 12.6. The van der Waals surface area contributed by atoms with Gasteiger partial charge in [-0.1, -0.05) is 56.1 Å². The second kappa shape index (κ2) is 18.1. The fraction of sp³-hybridized carbons (Fsp3) is 0.469. The molecule has 17 heteroatoms. The maximum atomic E-state index is 14.7. The van der Waals surface area contributed by atoms with Crippen LogP contribution >= 0.6 is 11.6 Å². The number of nitrogens with one attached hydrogen (secondary N) is 3. The molecule has 4 heterocycles. The van der Waals surface area contributed by atoms with Crippen LogP contribution in [0.25, 0.3) is 11.0 Å². The fourth-order valence-electron chi connectivity index (χ4n) is 10.8. The van der Waals surface area contributed by atoms with E-state index < -0.39 is 42.9 Å². The van der Waals surface area contributed by atoms with Gasteiger partial charge in [-0.15, -0.1) is 0 Å². The van der Waals surface area contributed by atoms with E-state index in [4.69, 9.17) is 16.3 Å². The molecule has 2 aliphatic carbocycles. The Labute approximate surface area is 389 Å². The molecule has 2 aliphatic heterocycles. The van der Waals surface area contributed by atoms with Crippen molar-refractivity contribution >= 4 is 55.6 Å². The Morgan fingerprint density at radius 3 is 2.50 bits per heavy atom. The SMILES string of the molecule is CC(C)c1ccccc1[C@@H]1CCC[C@@H]1N1CC2(CCN(c3ccc(C(=O)NS(=O)(=O)c4ccc(NC[C@H]5CC[C@](C)(O)CC5)c([N+](=O)[O-])c4)c(Oc4cc5c(F)c[nH]c5nc4Cl)c3)CC2)C1. The number of fused-ring (bicyclic) bond motifs is 1. The smallest absolute Gasteiger partial charge is 0.293 e. The summed E-state index contributed by atoms with van der Waals surface area (Å²) in [7, 11) is -4.65. The molecule has 350 valence electrons. The van der Waals surface area contributed by atoms with Crippen molar-refractivity contribution in [2.75, 3.05) is 42.9 Å². The second-order valence-corrected chi connectivity index (χ2v) is 21.6. The molecular weight excluding hydrogens is 885 g/mol. The number of hydrogen-bond acceptors (Lipinski definition) is 11. The number of benzene rings is 3. The number of pyridine rings is 1. The number of nitro groups is 1. The van der Waals surface area contributed by atoms with Crippen molar-refractivity contribution in [1.82, 2.24) is 19.6 Å². The van der Waals surface area contributed by atoms with Crippen LogP contribution in [-0.2, 0) is 10.0 Å². The van der Waals surface area contributed by atoms with Crippen molar-refractivity contribution in [2.45, 2.75) is 107 Å². The lowest BCUT2D eigenvalue weighted by atomic mass is 9.70. The van der Waals surface area contributed by atoms with E-state index in [1.54, 1.807) is 19.1 Å². The molecule has 14 nitrogen and oxygen atoms in total. The minimum atomic E-state index is -4.65. The van der Waals surface area contributed by atoms with Crippen molar-refractivity contribution in [3.63, 3.8) is 0 Å². The number of amides is 1. The number of rotatable bonds is 13. The topological polar surface area (TPSA) is 183 Å². The van der Waals surface area contributed by atoms with E-state index in [-0.39, 0.29) is 50.3 Å². The lowest BCUT2D eigenvalue weighted by Gasteiger charge is -2.57. The Hall–Kier alpha value is -5.29. The predicted octanol–water partition coefficient (Wildman–Crippen LogP) is 9.89. The molecule has 2 aromatic heterocycles. The molecule has 1 amide bonds. The monoisotopic (exact) mass is 941 g/mol. The van der Waals surface area contributed by atoms with Gasteiger partial charge >= 0.3 is 0 Å². The van der Waals surface area contributed by atoms with Crippen molar-refractivity contribution in [1.29, 1.82) is 0 Å². The van der Waals surface area contributed by atoms with Crippen molar-refractivity contribution in [2.24, 2.45) is 11.3 Å². The van der Waals surface area contributed by atoms with E-state index in [0.29, 0.717) is 37.3 Å². The molecule has 4 fully saturated rings. The van der Waals surface area contributed by atoms with Gasteiger partial charge in [-0.05, 0) is 123 Å². The minimum absolute atomic E-state index is 0.0435. The molecule has 0 radical (unpaired) electrons. The number of piperidine rings is 1. The van der Waals surface area contributed by atoms with Gasteiger partial charge in [0.2, 0.25) is 0 Å². The second-order valence-electron chi connectivity index (χ2n) is 19.6. The lowest BCUT2D eigenvalue weighted by Crippen LogP contribution is -2.63. The van der Waals surface area contributed by atoms with Gasteiger partial charge in [0.05, 0.1) is 26.4 Å². The summed E-state index contributed by atoms with van der Waals surface area (Å²) in [4.78, 5) is 36.9. The summed E-state index contributed by atoms with van der Waals surface area (Å²) >= 11 is 6.52. The van der Waals surface area contributed by atoms with Crippen LogP contribution in [0.3, 0.4) is 0 Å². The summed E-state index contributed by atoms with van der Waals surface area (Å²) in [6.45, 7) is 10.4. The van der Waals surface area contributed by atoms with Crippen LogP contribution in [0.2, 0.25) is 5.15 Å². The molecule has 9 rings (SSSR count). The average Bonchev–Trinajstić information content (AvgIpc) is 3.91. The molecule has 2 saturated carbocycles. The zero-order valence-corrected chi connectivity index (χ0v) is 39.1. The summed E-state index contributed by atoms with van der Waals surface area (Å²) in [5, 5.41) is 25.6. The molecule has 3 aromatic carbocycles. The highest BCUT2D eigenvalue weighted by Crippen LogP contribution is 2.49. The highest BCUT2D eigenvalue weighted by atomic mass is 35.5. The first-order valence-corrected chi connectivity index (χ1v) is 24.9. The number of H-pyrrole nitrogens is 1. The van der Waals surface area contributed by atoms with Gasteiger partial charge in [0.1, 0.15) is 22.9 Å². The van der Waals surface area contributed by atoms with E-state index in [9.17, 15) is 32.8 Å². The van der Waals surface area contributed by atoms with Crippen LogP contribution in [0.5, 0.6) is 11.5 Å². The molecule has 4 aliphatic rings. The van der Waals surface area contributed by atoms with Crippen LogP contribution in [0.1, 0.15) is 112 Å². The van der Waals surface area contributed by atoms with E-state index in [1.807, 2.05) is 0 Å². The third kappa shape index (κ3) is 9.34. The summed E-state index contributed by atoms with van der Waals surface area (Å²) in [6, 6.07) is 19.1. The molecule has 0 unspecified atom stereocenters. The van der Waals surface area contributed by atoms with Gasteiger partial charge < -0.3 is 25.0 Å². The Morgan fingerprint density at radius 2 is 1.77 bits per heavy atom. The lowest BCUT2D eigenvalue weighted by molar-refractivity contribution is -0.384. The van der Waals surface area contributed by atoms with E-state index in [2.05, 4.69) is 67.9 Å². The molecule has 5 aromatic rings. The number of nitrogens with zero attached hydrogens (tertiary/aromatic N) is 4. The van der Waals surface area contributed by atoms with Gasteiger partial charge in [-0.2, -0.15) is 0 Å². The third-order valence-corrected chi connectivity index (χ3v) is 16.3. The normalized spacial score (nSPS) is 23.3. The summed E-state index contributed by atoms with van der Waals surface area (Å²) in [5.41, 5.74) is 2.89. The number of aromatic nitrogens is 2. The molecule has 2 atom stereocenters. The maximum Gasteiger partial charge on any atom is 0.293 e. The van der Waals surface area contributed by atoms with Crippen LogP contribution < -0.4 is 19.7 Å². The molecule has 2 saturated heterocycles. The van der Waals surface area contributed by atoms with Crippen molar-refractivity contribution in [3.05, 3.63) is 111 Å². The summed E-state index contributed by atoms with van der Waals surface area (Å²) in [5.74, 6) is -0.536. The van der Waals surface area contributed by atoms with E-state index >= 15 is 0 Å². The number of hydrogen-bond donors (Lipinski definition) is 4. The number of sulfonamides is 1. The number of anilines is 2. The molecule has 0 bridgehead atoms. The van der Waals surface area contributed by atoms with Crippen molar-refractivity contribution in [3.8, 4) is 11.5 Å². The third-order valence-electron chi connectivity index (χ3n) is 14.7. The number of nitro benzene ring substituents is 1. The Balaban J connectivity index is 0.917. The molecule has 66 heavy (non-hydrogen) atoms. The fourth-order valence-corrected chi connectivity index (χ4v) is 12.0. The number of ether oxygens (including phenoxy) is 1. The zero-order chi connectivity index (χ0) is 46.5. The number of likely N-dealkylation sites (tertiary alicyclic amines) is 1. The van der Waals surface area contributed by atoms with Crippen LogP contribution in [0, 0.1) is 27.3 Å². The summed E-state index contributed by atoms with van der Waals surface area (Å²) < 4.78 is 50.5. The van der Waals surface area contributed by atoms with Crippen LogP contribution in [-0.4, -0.2) is 83.6 Å². The zero-order valence-electron chi connectivity index (χ0n) is 37.5. The maximum absolute atomic E-state index is 14.7. The number of carbonyl (C=O) groups is 1. The van der Waals surface area contributed by atoms with Gasteiger partial charge in [-0.3, -0.25) is 19.8 Å². The minimum Gasteiger partial charge on any atom is -0.453 e. The first kappa shape index (κ1) is 45.8. The first-order chi connectivity index (χ1) is 31.5. The van der Waals surface area contributed by atoms with Crippen LogP contribution in [0.15, 0.2) is 77.8 Å². The highest BCUT2D eigenvalue weighted by molar-refractivity contribution is 7.90. The summed E-state index contributed by atoms with van der Waals surface area (Å²) in [6.07, 6.45) is 9.47. The first-order valence-electron chi connectivity index (χ1n) is 23.0. The Morgan fingerprint density at radius 1 is 1.03 bits per heavy atom. The largest absolute Gasteiger partial charge is 0.453 e. The number of carbonyl (C=O) groups excluding carboxylic acids is 1. The van der Waals surface area contributed by atoms with Gasteiger partial charge in [0.25, 0.3) is 21.6 Å². The highest BCUT2D eigenvalue weighted by Gasteiger charge is 2.49. The number of halogens is 2. The standard InChI is InChI=1S/C49H57ClFN7O7S/c1-30(2)34-7-4-5-8-35(34)36-9-6-10-41(36)57-28-49(29-57)19-21-56(22-20-49)32-11-13-37(43(23-32)65-44-25-38-39(51)27-53-46(38)54-45(44)50)47(59)55-66(63,64)33-12-14-40(42(24-33)58(61)62)52-26-31-15-17-48(3,60)18-16-31/h4-5,7-8,11-14,23-25,27,30-31,36,41,52,60H,6,9-10,15-22,26,28-29H2,1-3H3,(H,53,54)(H,55,59)/t31-,36-,41-,48-/m0/s1. The van der Waals surface area contributed by atoms with Gasteiger partial charge in [0.15, 0.2) is 10.9 Å². The molecular formula is C49H57ClFN7O7S. The van der Waals surface area contributed by atoms with E-state index in [1.165, 1.54) is 54.7 Å². The van der Waals surface area contributed by atoms with Gasteiger partial charge in [0, 0.05) is 62.8 Å².